The second-order valence-corrected chi connectivity index (χ2v) is 9.55. The van der Waals surface area contributed by atoms with Crippen molar-refractivity contribution in [1.82, 2.24) is 4.31 Å². The van der Waals surface area contributed by atoms with Crippen LogP contribution in [0.3, 0.4) is 0 Å². The molecule has 2 aromatic rings. The molecule has 2 aliphatic heterocycles. The molecule has 2 atom stereocenters. The molecule has 0 aliphatic carbocycles. The molecule has 0 bridgehead atoms. The first-order valence-corrected chi connectivity index (χ1v) is 11.4. The molecule has 2 amide bonds. The van der Waals surface area contributed by atoms with Crippen molar-refractivity contribution >= 4 is 33.2 Å². The SMILES string of the molecule is C[C@H]1Oc2ccc(S(=O)(=O)N3CCC[C@H](C(=O)Nc4cccc(F)c4)C3)cc2NC1=O. The van der Waals surface area contributed by atoms with E-state index in [4.69, 9.17) is 4.74 Å². The monoisotopic (exact) mass is 447 g/mol. The van der Waals surface area contributed by atoms with E-state index in [1.807, 2.05) is 0 Å². The van der Waals surface area contributed by atoms with Crippen molar-refractivity contribution in [3.8, 4) is 5.75 Å². The summed E-state index contributed by atoms with van der Waals surface area (Å²) in [6.07, 6.45) is 0.386. The van der Waals surface area contributed by atoms with Crippen molar-refractivity contribution in [2.75, 3.05) is 23.7 Å². The first-order chi connectivity index (χ1) is 14.7. The molecule has 10 heteroatoms. The second kappa shape index (κ2) is 8.27. The number of piperidine rings is 1. The van der Waals surface area contributed by atoms with E-state index < -0.39 is 27.9 Å². The second-order valence-electron chi connectivity index (χ2n) is 7.61. The minimum absolute atomic E-state index is 0.0101. The van der Waals surface area contributed by atoms with Crippen LogP contribution in [-0.2, 0) is 19.6 Å². The number of carbonyl (C=O) groups excluding carboxylic acids is 2. The summed E-state index contributed by atoms with van der Waals surface area (Å²) in [5.41, 5.74) is 0.617. The van der Waals surface area contributed by atoms with Crippen LogP contribution in [0.15, 0.2) is 47.4 Å². The molecule has 4 rings (SSSR count). The highest BCUT2D eigenvalue weighted by Gasteiger charge is 2.34. The fourth-order valence-electron chi connectivity index (χ4n) is 3.68. The lowest BCUT2D eigenvalue weighted by Gasteiger charge is -2.31. The largest absolute Gasteiger partial charge is 0.479 e. The molecule has 8 nitrogen and oxygen atoms in total. The van der Waals surface area contributed by atoms with Crippen LogP contribution in [0.1, 0.15) is 19.8 Å². The topological polar surface area (TPSA) is 105 Å². The van der Waals surface area contributed by atoms with Crippen LogP contribution in [0.5, 0.6) is 5.75 Å². The number of fused-ring (bicyclic) bond motifs is 1. The molecule has 0 unspecified atom stereocenters. The molecule has 0 spiro atoms. The van der Waals surface area contributed by atoms with Crippen molar-refractivity contribution in [2.45, 2.75) is 30.8 Å². The Bertz CT molecular complexity index is 1140. The number of rotatable bonds is 4. The summed E-state index contributed by atoms with van der Waals surface area (Å²) in [5.74, 6) is -1.34. The molecule has 2 aliphatic rings. The summed E-state index contributed by atoms with van der Waals surface area (Å²) in [7, 11) is -3.89. The number of amides is 2. The van der Waals surface area contributed by atoms with Gasteiger partial charge in [-0.15, -0.1) is 0 Å². The van der Waals surface area contributed by atoms with E-state index >= 15 is 0 Å². The van der Waals surface area contributed by atoms with Gasteiger partial charge in [0.15, 0.2) is 6.10 Å². The third-order valence-corrected chi connectivity index (χ3v) is 7.23. The minimum Gasteiger partial charge on any atom is -0.479 e. The maximum absolute atomic E-state index is 13.4. The van der Waals surface area contributed by atoms with Gasteiger partial charge in [-0.3, -0.25) is 9.59 Å². The molecule has 1 saturated heterocycles. The van der Waals surface area contributed by atoms with Crippen molar-refractivity contribution < 1.29 is 27.1 Å². The smallest absolute Gasteiger partial charge is 0.265 e. The molecule has 1 fully saturated rings. The van der Waals surface area contributed by atoms with Gasteiger partial charge in [-0.25, -0.2) is 12.8 Å². The average Bonchev–Trinajstić information content (AvgIpc) is 2.74. The molecule has 0 radical (unpaired) electrons. The van der Waals surface area contributed by atoms with Crippen LogP contribution < -0.4 is 15.4 Å². The highest BCUT2D eigenvalue weighted by molar-refractivity contribution is 7.89. The van der Waals surface area contributed by atoms with Crippen molar-refractivity contribution in [1.29, 1.82) is 0 Å². The average molecular weight is 447 g/mol. The highest BCUT2D eigenvalue weighted by atomic mass is 32.2. The number of halogens is 1. The number of nitrogens with one attached hydrogen (secondary N) is 2. The fourth-order valence-corrected chi connectivity index (χ4v) is 5.23. The van der Waals surface area contributed by atoms with E-state index in [2.05, 4.69) is 10.6 Å². The summed E-state index contributed by atoms with van der Waals surface area (Å²) in [5, 5.41) is 5.29. The summed E-state index contributed by atoms with van der Waals surface area (Å²) >= 11 is 0. The van der Waals surface area contributed by atoms with E-state index in [0.29, 0.717) is 30.0 Å². The molecular weight excluding hydrogens is 425 g/mol. The van der Waals surface area contributed by atoms with Crippen LogP contribution in [-0.4, -0.2) is 43.7 Å². The van der Waals surface area contributed by atoms with E-state index in [9.17, 15) is 22.4 Å². The van der Waals surface area contributed by atoms with Crippen molar-refractivity contribution in [3.05, 3.63) is 48.3 Å². The Labute approximate surface area is 179 Å². The predicted octanol–water partition coefficient (Wildman–Crippen LogP) is 2.58. The Morgan fingerprint density at radius 1 is 1.26 bits per heavy atom. The van der Waals surface area contributed by atoms with Crippen molar-refractivity contribution in [3.63, 3.8) is 0 Å². The third kappa shape index (κ3) is 4.40. The van der Waals surface area contributed by atoms with Gasteiger partial charge in [-0.05, 0) is 56.2 Å². The first kappa shape index (κ1) is 21.3. The maximum Gasteiger partial charge on any atom is 0.265 e. The van der Waals surface area contributed by atoms with Crippen LogP contribution in [0.25, 0.3) is 0 Å². The van der Waals surface area contributed by atoms with Gasteiger partial charge in [-0.1, -0.05) is 6.07 Å². The third-order valence-electron chi connectivity index (χ3n) is 5.37. The molecule has 2 N–H and O–H groups in total. The maximum atomic E-state index is 13.4. The Balaban J connectivity index is 1.50. The van der Waals surface area contributed by atoms with Gasteiger partial charge in [0.05, 0.1) is 16.5 Å². The van der Waals surface area contributed by atoms with Gasteiger partial charge in [0.25, 0.3) is 5.91 Å². The minimum atomic E-state index is -3.89. The summed E-state index contributed by atoms with van der Waals surface area (Å²) in [6.45, 7) is 1.90. The lowest BCUT2D eigenvalue weighted by Crippen LogP contribution is -2.43. The van der Waals surface area contributed by atoms with Crippen LogP contribution >= 0.6 is 0 Å². The number of benzene rings is 2. The lowest BCUT2D eigenvalue weighted by molar-refractivity contribution is -0.123. The zero-order valence-corrected chi connectivity index (χ0v) is 17.6. The van der Waals surface area contributed by atoms with Gasteiger partial charge in [0.2, 0.25) is 15.9 Å². The van der Waals surface area contributed by atoms with Gasteiger partial charge in [0, 0.05) is 18.8 Å². The summed E-state index contributed by atoms with van der Waals surface area (Å²) in [4.78, 5) is 24.5. The van der Waals surface area contributed by atoms with Crippen LogP contribution in [0, 0.1) is 11.7 Å². The Morgan fingerprint density at radius 2 is 2.06 bits per heavy atom. The lowest BCUT2D eigenvalue weighted by atomic mass is 9.99. The molecule has 31 heavy (non-hydrogen) atoms. The fraction of sp³-hybridized carbons (Fsp3) is 0.333. The standard InChI is InChI=1S/C21H22FN3O5S/c1-13-20(26)24-18-11-17(7-8-19(18)30-13)31(28,29)25-9-3-4-14(12-25)21(27)23-16-6-2-5-15(22)10-16/h2,5-8,10-11,13-14H,3-4,9,12H2,1H3,(H,23,27)(H,24,26)/t13-,14+/m1/s1. The molecule has 0 saturated carbocycles. The van der Waals surface area contributed by atoms with Gasteiger partial charge in [0.1, 0.15) is 11.6 Å². The normalized spacial score (nSPS) is 21.5. The Hall–Kier alpha value is -2.98. The quantitative estimate of drug-likeness (QED) is 0.750. The molecule has 164 valence electrons. The Morgan fingerprint density at radius 3 is 2.84 bits per heavy atom. The van der Waals surface area contributed by atoms with E-state index in [-0.39, 0.29) is 29.8 Å². The van der Waals surface area contributed by atoms with Gasteiger partial charge in [-0.2, -0.15) is 4.31 Å². The number of hydrogen-bond acceptors (Lipinski definition) is 5. The van der Waals surface area contributed by atoms with E-state index in [0.717, 1.165) is 0 Å². The number of sulfonamides is 1. The number of carbonyl (C=O) groups is 2. The zero-order valence-electron chi connectivity index (χ0n) is 16.8. The van der Waals surface area contributed by atoms with Gasteiger partial charge >= 0.3 is 0 Å². The van der Waals surface area contributed by atoms with Crippen LogP contribution in [0.4, 0.5) is 15.8 Å². The Kier molecular flexibility index (Phi) is 5.67. The predicted molar refractivity (Wildman–Crippen MR) is 112 cm³/mol. The molecule has 2 heterocycles. The number of nitrogens with zero attached hydrogens (tertiary/aromatic N) is 1. The highest BCUT2D eigenvalue weighted by Crippen LogP contribution is 2.33. The van der Waals surface area contributed by atoms with Crippen molar-refractivity contribution in [2.24, 2.45) is 5.92 Å². The van der Waals surface area contributed by atoms with Gasteiger partial charge < -0.3 is 15.4 Å². The van der Waals surface area contributed by atoms with E-state index in [1.54, 1.807) is 13.0 Å². The summed E-state index contributed by atoms with van der Waals surface area (Å²) in [6, 6.07) is 9.84. The first-order valence-electron chi connectivity index (χ1n) is 9.92. The van der Waals surface area contributed by atoms with E-state index in [1.165, 1.54) is 40.7 Å². The summed E-state index contributed by atoms with van der Waals surface area (Å²) < 4.78 is 46.5. The molecule has 2 aromatic carbocycles. The van der Waals surface area contributed by atoms with Crippen LogP contribution in [0.2, 0.25) is 0 Å². The zero-order chi connectivity index (χ0) is 22.2. The number of ether oxygens (including phenoxy) is 1. The molecular formula is C21H22FN3O5S. The molecule has 0 aromatic heterocycles. The number of hydrogen-bond donors (Lipinski definition) is 2. The number of anilines is 2.